The summed E-state index contributed by atoms with van der Waals surface area (Å²) in [5, 5.41) is 9.30. The third-order valence-corrected chi connectivity index (χ3v) is 4.14. The van der Waals surface area contributed by atoms with Gasteiger partial charge in [-0.1, -0.05) is 6.92 Å². The van der Waals surface area contributed by atoms with E-state index in [1.165, 1.54) is 25.3 Å². The van der Waals surface area contributed by atoms with E-state index in [1.54, 1.807) is 24.3 Å². The van der Waals surface area contributed by atoms with Crippen LogP contribution in [0.15, 0.2) is 53.5 Å². The van der Waals surface area contributed by atoms with Gasteiger partial charge in [-0.3, -0.25) is 9.59 Å². The summed E-state index contributed by atoms with van der Waals surface area (Å²) in [5.41, 5.74) is 3.52. The number of hydrogen-bond acceptors (Lipinski definition) is 4. The fourth-order valence-electron chi connectivity index (χ4n) is 2.83. The normalized spacial score (nSPS) is 10.6. The van der Waals surface area contributed by atoms with E-state index in [9.17, 15) is 14.0 Å². The molecule has 3 aromatic rings. The van der Waals surface area contributed by atoms with Crippen LogP contribution in [0.25, 0.3) is 11.1 Å². The second-order valence-electron chi connectivity index (χ2n) is 5.90. The first-order valence-corrected chi connectivity index (χ1v) is 8.24. The second-order valence-corrected chi connectivity index (χ2v) is 5.90. The van der Waals surface area contributed by atoms with Gasteiger partial charge in [-0.15, -0.1) is 0 Å². The lowest BCUT2D eigenvalue weighted by Crippen LogP contribution is -2.12. The molecule has 0 aliphatic carbocycles. The zero-order chi connectivity index (χ0) is 18.7. The van der Waals surface area contributed by atoms with Crippen molar-refractivity contribution in [3.05, 3.63) is 76.0 Å². The summed E-state index contributed by atoms with van der Waals surface area (Å²) >= 11 is 0. The largest absolute Gasteiger partial charge is 0.355 e. The Bertz CT molecular complexity index is 1010. The fraction of sp³-hybridized carbons (Fsp3) is 0.150. The van der Waals surface area contributed by atoms with Gasteiger partial charge in [-0.25, -0.2) is 9.49 Å². The number of nitrogens with zero attached hydrogens (tertiary/aromatic N) is 1. The molecule has 0 aliphatic rings. The first kappa shape index (κ1) is 17.5. The van der Waals surface area contributed by atoms with E-state index < -0.39 is 0 Å². The van der Waals surface area contributed by atoms with Gasteiger partial charge in [0.05, 0.1) is 5.56 Å². The number of aromatic amines is 1. The van der Waals surface area contributed by atoms with Crippen molar-refractivity contribution in [2.75, 3.05) is 5.32 Å². The Morgan fingerprint density at radius 3 is 2.50 bits per heavy atom. The lowest BCUT2D eigenvalue weighted by Gasteiger charge is -2.16. The molecule has 0 bridgehead atoms. The van der Waals surface area contributed by atoms with Gasteiger partial charge in [0.15, 0.2) is 5.78 Å². The molecule has 2 aromatic carbocycles. The number of aromatic nitrogens is 2. The van der Waals surface area contributed by atoms with Crippen molar-refractivity contribution in [2.45, 2.75) is 20.3 Å². The molecule has 5 nitrogen and oxygen atoms in total. The molecule has 0 fully saturated rings. The number of aryl methyl sites for hydroxylation is 1. The van der Waals surface area contributed by atoms with Gasteiger partial charge in [-0.05, 0) is 66.9 Å². The summed E-state index contributed by atoms with van der Waals surface area (Å²) in [5.74, 6) is -0.465. The van der Waals surface area contributed by atoms with Crippen LogP contribution in [0.2, 0.25) is 0 Å². The van der Waals surface area contributed by atoms with Gasteiger partial charge < -0.3 is 5.32 Å². The maximum absolute atomic E-state index is 13.1. The lowest BCUT2D eigenvalue weighted by molar-refractivity contribution is 0.101. The van der Waals surface area contributed by atoms with Gasteiger partial charge in [0, 0.05) is 23.1 Å². The van der Waals surface area contributed by atoms with Crippen LogP contribution in [0.5, 0.6) is 0 Å². The Morgan fingerprint density at radius 1 is 1.15 bits per heavy atom. The Balaban J connectivity index is 2.14. The monoisotopic (exact) mass is 351 g/mol. The molecule has 0 saturated heterocycles. The molecule has 6 heteroatoms. The van der Waals surface area contributed by atoms with Crippen molar-refractivity contribution in [1.82, 2.24) is 10.2 Å². The summed E-state index contributed by atoms with van der Waals surface area (Å²) in [6.45, 7) is 3.45. The highest BCUT2D eigenvalue weighted by Gasteiger charge is 2.15. The minimum Gasteiger partial charge on any atom is -0.355 e. The standard InChI is InChI=1S/C20H18FN3O2/c1-3-13-10-19(23-15-6-4-14(21)5-7-15)17(12(2)25)11-18(13)16-8-9-22-24-20(16)26/h4-11,23H,3H2,1-2H3,(H,24,26). The molecular formula is C20H18FN3O2. The van der Waals surface area contributed by atoms with Crippen molar-refractivity contribution < 1.29 is 9.18 Å². The molecule has 3 rings (SSSR count). The Hall–Kier alpha value is -3.28. The third-order valence-electron chi connectivity index (χ3n) is 4.14. The molecule has 0 amide bonds. The summed E-state index contributed by atoms with van der Waals surface area (Å²) in [6.07, 6.45) is 2.18. The molecule has 1 heterocycles. The van der Waals surface area contributed by atoms with Gasteiger partial charge in [0.2, 0.25) is 0 Å². The summed E-state index contributed by atoms with van der Waals surface area (Å²) in [7, 11) is 0. The fourth-order valence-corrected chi connectivity index (χ4v) is 2.83. The van der Waals surface area contributed by atoms with Crippen LogP contribution < -0.4 is 10.9 Å². The summed E-state index contributed by atoms with van der Waals surface area (Å²) in [4.78, 5) is 24.3. The topological polar surface area (TPSA) is 74.8 Å². The molecule has 0 saturated carbocycles. The molecule has 1 aromatic heterocycles. The lowest BCUT2D eigenvalue weighted by atomic mass is 9.94. The van der Waals surface area contributed by atoms with Crippen molar-refractivity contribution in [2.24, 2.45) is 0 Å². The van der Waals surface area contributed by atoms with Crippen LogP contribution in [0.1, 0.15) is 29.8 Å². The SMILES string of the molecule is CCc1cc(Nc2ccc(F)cc2)c(C(C)=O)cc1-c1ccn[nH]c1=O. The first-order chi connectivity index (χ1) is 12.5. The highest BCUT2D eigenvalue weighted by atomic mass is 19.1. The minimum absolute atomic E-state index is 0.135. The predicted octanol–water partition coefficient (Wildman–Crippen LogP) is 4.08. The summed E-state index contributed by atoms with van der Waals surface area (Å²) in [6, 6.07) is 11.1. The highest BCUT2D eigenvalue weighted by Crippen LogP contribution is 2.30. The van der Waals surface area contributed by atoms with E-state index in [4.69, 9.17) is 0 Å². The molecule has 0 unspecified atom stereocenters. The van der Waals surface area contributed by atoms with Gasteiger partial charge >= 0.3 is 0 Å². The molecule has 132 valence electrons. The number of halogens is 1. The maximum atomic E-state index is 13.1. The molecule has 2 N–H and O–H groups in total. The van der Waals surface area contributed by atoms with Crippen molar-refractivity contribution in [3.63, 3.8) is 0 Å². The van der Waals surface area contributed by atoms with E-state index >= 15 is 0 Å². The third kappa shape index (κ3) is 3.54. The van der Waals surface area contributed by atoms with Crippen LogP contribution in [0, 0.1) is 5.82 Å². The number of carbonyl (C=O) groups excluding carboxylic acids is 1. The van der Waals surface area contributed by atoms with E-state index in [2.05, 4.69) is 15.5 Å². The predicted molar refractivity (Wildman–Crippen MR) is 99.4 cm³/mol. The Morgan fingerprint density at radius 2 is 1.88 bits per heavy atom. The van der Waals surface area contributed by atoms with E-state index in [0.717, 1.165) is 5.56 Å². The molecule has 0 atom stereocenters. The average Bonchev–Trinajstić information content (AvgIpc) is 2.63. The van der Waals surface area contributed by atoms with Crippen LogP contribution in [0.3, 0.4) is 0 Å². The molecule has 0 spiro atoms. The van der Waals surface area contributed by atoms with E-state index in [0.29, 0.717) is 34.5 Å². The minimum atomic E-state index is -0.330. The van der Waals surface area contributed by atoms with Crippen LogP contribution in [-0.4, -0.2) is 16.0 Å². The Labute approximate surface area is 149 Å². The number of H-pyrrole nitrogens is 1. The number of ketones is 1. The van der Waals surface area contributed by atoms with Gasteiger partial charge in [-0.2, -0.15) is 5.10 Å². The second kappa shape index (κ2) is 7.31. The maximum Gasteiger partial charge on any atom is 0.272 e. The van der Waals surface area contributed by atoms with Crippen LogP contribution in [-0.2, 0) is 6.42 Å². The molecular weight excluding hydrogens is 333 g/mol. The first-order valence-electron chi connectivity index (χ1n) is 8.24. The average molecular weight is 351 g/mol. The van der Waals surface area contributed by atoms with Crippen molar-refractivity contribution in [1.29, 1.82) is 0 Å². The van der Waals surface area contributed by atoms with Gasteiger partial charge in [0.1, 0.15) is 5.82 Å². The summed E-state index contributed by atoms with van der Waals surface area (Å²) < 4.78 is 13.1. The number of carbonyl (C=O) groups is 1. The number of anilines is 2. The molecule has 0 aliphatic heterocycles. The van der Waals surface area contributed by atoms with Gasteiger partial charge in [0.25, 0.3) is 5.56 Å². The number of Topliss-reactive ketones (excluding diaryl/α,β-unsaturated/α-hetero) is 1. The van der Waals surface area contributed by atoms with Crippen molar-refractivity contribution in [3.8, 4) is 11.1 Å². The number of hydrogen-bond donors (Lipinski definition) is 2. The number of rotatable bonds is 5. The highest BCUT2D eigenvalue weighted by molar-refractivity contribution is 6.02. The number of nitrogens with one attached hydrogen (secondary N) is 2. The van der Waals surface area contributed by atoms with Crippen LogP contribution in [0.4, 0.5) is 15.8 Å². The quantitative estimate of drug-likeness (QED) is 0.679. The molecule has 0 radical (unpaired) electrons. The Kier molecular flexibility index (Phi) is 4.93. The van der Waals surface area contributed by atoms with Crippen molar-refractivity contribution >= 4 is 17.2 Å². The van der Waals surface area contributed by atoms with Crippen LogP contribution >= 0.6 is 0 Å². The van der Waals surface area contributed by atoms with E-state index in [1.807, 2.05) is 13.0 Å². The zero-order valence-electron chi connectivity index (χ0n) is 14.5. The smallest absolute Gasteiger partial charge is 0.272 e. The van der Waals surface area contributed by atoms with E-state index in [-0.39, 0.29) is 17.2 Å². The zero-order valence-corrected chi connectivity index (χ0v) is 14.5. The number of benzene rings is 2. The molecule has 26 heavy (non-hydrogen) atoms.